The van der Waals surface area contributed by atoms with Gasteiger partial charge in [0, 0.05) is 18.0 Å². The molecule has 2 rings (SSSR count). The van der Waals surface area contributed by atoms with Gasteiger partial charge in [0.25, 0.3) is 0 Å². The van der Waals surface area contributed by atoms with Gasteiger partial charge in [0.1, 0.15) is 5.60 Å². The van der Waals surface area contributed by atoms with Crippen LogP contribution in [0.5, 0.6) is 0 Å². The maximum Gasteiger partial charge on any atom is 0.115 e. The number of hydrogen-bond donors (Lipinski definition) is 0. The number of halogens is 1. The van der Waals surface area contributed by atoms with E-state index in [4.69, 9.17) is 16.3 Å². The third-order valence-corrected chi connectivity index (χ3v) is 2.22. The fourth-order valence-electron chi connectivity index (χ4n) is 1.07. The maximum absolute atomic E-state index is 5.91. The minimum Gasteiger partial charge on any atom is -0.365 e. The van der Waals surface area contributed by atoms with Crippen LogP contribution in [-0.2, 0) is 10.3 Å². The normalized spacial score (nSPS) is 28.5. The Morgan fingerprint density at radius 3 is 3.00 bits per heavy atom. The summed E-state index contributed by atoms with van der Waals surface area (Å²) in [6.45, 7) is 2.78. The van der Waals surface area contributed by atoms with E-state index >= 15 is 0 Å². The lowest BCUT2D eigenvalue weighted by atomic mass is 10.0. The molecule has 0 amide bonds. The lowest BCUT2D eigenvalue weighted by Gasteiger charge is -2.05. The van der Waals surface area contributed by atoms with Gasteiger partial charge in [0.05, 0.1) is 11.6 Å². The zero-order valence-corrected chi connectivity index (χ0v) is 6.93. The van der Waals surface area contributed by atoms with Crippen LogP contribution in [0.2, 0.25) is 5.02 Å². The summed E-state index contributed by atoms with van der Waals surface area (Å²) < 4.78 is 5.25. The van der Waals surface area contributed by atoms with Crippen molar-refractivity contribution in [3.8, 4) is 0 Å². The SMILES string of the molecule is CC1(c2ccncc2Cl)CO1. The average molecular weight is 170 g/mol. The van der Waals surface area contributed by atoms with Crippen LogP contribution in [0.15, 0.2) is 18.5 Å². The van der Waals surface area contributed by atoms with Gasteiger partial charge >= 0.3 is 0 Å². The van der Waals surface area contributed by atoms with Crippen LogP contribution in [0, 0.1) is 0 Å². The molecule has 0 aromatic carbocycles. The number of epoxide rings is 1. The molecule has 0 bridgehead atoms. The second-order valence-electron chi connectivity index (χ2n) is 2.88. The molecule has 0 aliphatic carbocycles. The molecule has 1 aliphatic rings. The van der Waals surface area contributed by atoms with Gasteiger partial charge in [-0.2, -0.15) is 0 Å². The van der Waals surface area contributed by atoms with E-state index in [0.717, 1.165) is 12.2 Å². The first kappa shape index (κ1) is 7.07. The van der Waals surface area contributed by atoms with Crippen LogP contribution in [0.25, 0.3) is 0 Å². The van der Waals surface area contributed by atoms with Crippen LogP contribution in [0.1, 0.15) is 12.5 Å². The molecule has 2 nitrogen and oxygen atoms in total. The molecule has 1 fully saturated rings. The number of nitrogens with zero attached hydrogens (tertiary/aromatic N) is 1. The molecule has 1 saturated heterocycles. The molecule has 0 saturated carbocycles. The minimum absolute atomic E-state index is 0.139. The molecule has 1 aromatic rings. The zero-order valence-electron chi connectivity index (χ0n) is 6.17. The Balaban J connectivity index is 2.45. The van der Waals surface area contributed by atoms with E-state index in [0.29, 0.717) is 5.02 Å². The number of aromatic nitrogens is 1. The van der Waals surface area contributed by atoms with E-state index in [9.17, 15) is 0 Å². The predicted molar refractivity (Wildman–Crippen MR) is 42.6 cm³/mol. The summed E-state index contributed by atoms with van der Waals surface area (Å²) in [5.41, 5.74) is 0.897. The Labute approximate surface area is 70.2 Å². The van der Waals surface area contributed by atoms with Crippen LogP contribution in [0.4, 0.5) is 0 Å². The highest BCUT2D eigenvalue weighted by Gasteiger charge is 2.42. The lowest BCUT2D eigenvalue weighted by Crippen LogP contribution is -2.02. The minimum atomic E-state index is -0.139. The molecular weight excluding hydrogens is 162 g/mol. The second kappa shape index (κ2) is 2.19. The zero-order chi connectivity index (χ0) is 7.90. The number of pyridine rings is 1. The van der Waals surface area contributed by atoms with Gasteiger partial charge in [-0.1, -0.05) is 11.6 Å². The Morgan fingerprint density at radius 2 is 2.45 bits per heavy atom. The Morgan fingerprint density at radius 1 is 1.73 bits per heavy atom. The van der Waals surface area contributed by atoms with Crippen molar-refractivity contribution in [2.75, 3.05) is 6.61 Å². The summed E-state index contributed by atoms with van der Waals surface area (Å²) in [5, 5.41) is 0.688. The van der Waals surface area contributed by atoms with Crippen molar-refractivity contribution in [2.45, 2.75) is 12.5 Å². The highest BCUT2D eigenvalue weighted by atomic mass is 35.5. The van der Waals surface area contributed by atoms with Gasteiger partial charge in [-0.15, -0.1) is 0 Å². The van der Waals surface area contributed by atoms with E-state index in [2.05, 4.69) is 4.98 Å². The van der Waals surface area contributed by atoms with Crippen molar-refractivity contribution in [3.63, 3.8) is 0 Å². The van der Waals surface area contributed by atoms with E-state index in [1.807, 2.05) is 13.0 Å². The number of rotatable bonds is 1. The van der Waals surface area contributed by atoms with Crippen molar-refractivity contribution in [1.82, 2.24) is 4.98 Å². The highest BCUT2D eigenvalue weighted by Crippen LogP contribution is 2.40. The molecule has 1 aliphatic heterocycles. The molecule has 1 unspecified atom stereocenters. The van der Waals surface area contributed by atoms with Crippen molar-refractivity contribution < 1.29 is 4.74 Å². The van der Waals surface area contributed by atoms with E-state index < -0.39 is 0 Å². The number of hydrogen-bond acceptors (Lipinski definition) is 2. The first-order valence-electron chi connectivity index (χ1n) is 3.46. The summed E-state index contributed by atoms with van der Waals surface area (Å²) in [6.07, 6.45) is 3.37. The summed E-state index contributed by atoms with van der Waals surface area (Å²) in [5.74, 6) is 0. The van der Waals surface area contributed by atoms with Crippen LogP contribution >= 0.6 is 11.6 Å². The standard InChI is InChI=1S/C8H8ClNO/c1-8(5-11-8)6-2-3-10-4-7(6)9/h2-4H,5H2,1H3. The van der Waals surface area contributed by atoms with Crippen molar-refractivity contribution in [3.05, 3.63) is 29.0 Å². The summed E-state index contributed by atoms with van der Waals surface area (Å²) in [6, 6.07) is 1.90. The molecular formula is C8H8ClNO. The molecule has 1 atom stereocenters. The first-order chi connectivity index (χ1) is 5.22. The van der Waals surface area contributed by atoms with Gasteiger partial charge in [-0.05, 0) is 13.0 Å². The third kappa shape index (κ3) is 1.12. The highest BCUT2D eigenvalue weighted by molar-refractivity contribution is 6.31. The quantitative estimate of drug-likeness (QED) is 0.601. The Kier molecular flexibility index (Phi) is 1.41. The smallest absolute Gasteiger partial charge is 0.115 e. The third-order valence-electron chi connectivity index (χ3n) is 1.92. The average Bonchev–Trinajstić information content (AvgIpc) is 2.70. The molecule has 0 radical (unpaired) electrons. The number of ether oxygens (including phenoxy) is 1. The van der Waals surface area contributed by atoms with Gasteiger partial charge < -0.3 is 4.74 Å². The van der Waals surface area contributed by atoms with Crippen LogP contribution in [0.3, 0.4) is 0 Å². The van der Waals surface area contributed by atoms with Gasteiger partial charge in [-0.3, -0.25) is 4.98 Å². The molecule has 3 heteroatoms. The van der Waals surface area contributed by atoms with Gasteiger partial charge in [-0.25, -0.2) is 0 Å². The molecule has 58 valence electrons. The Bertz CT molecular complexity index is 283. The monoisotopic (exact) mass is 169 g/mol. The maximum atomic E-state index is 5.91. The van der Waals surface area contributed by atoms with E-state index in [1.54, 1.807) is 12.4 Å². The predicted octanol–water partition coefficient (Wildman–Crippen LogP) is 1.98. The molecule has 0 spiro atoms. The fraction of sp³-hybridized carbons (Fsp3) is 0.375. The van der Waals surface area contributed by atoms with Gasteiger partial charge in [0.15, 0.2) is 0 Å². The summed E-state index contributed by atoms with van der Waals surface area (Å²) >= 11 is 5.91. The molecule has 0 N–H and O–H groups in total. The lowest BCUT2D eigenvalue weighted by molar-refractivity contribution is 0.329. The van der Waals surface area contributed by atoms with Crippen molar-refractivity contribution in [1.29, 1.82) is 0 Å². The Hall–Kier alpha value is -0.600. The van der Waals surface area contributed by atoms with Crippen LogP contribution in [-0.4, -0.2) is 11.6 Å². The fourth-order valence-corrected chi connectivity index (χ4v) is 1.39. The summed E-state index contributed by atoms with van der Waals surface area (Å²) in [7, 11) is 0. The van der Waals surface area contributed by atoms with E-state index in [1.165, 1.54) is 0 Å². The topological polar surface area (TPSA) is 25.4 Å². The van der Waals surface area contributed by atoms with E-state index in [-0.39, 0.29) is 5.60 Å². The summed E-state index contributed by atoms with van der Waals surface area (Å²) in [4.78, 5) is 3.90. The van der Waals surface area contributed by atoms with Gasteiger partial charge in [0.2, 0.25) is 0 Å². The van der Waals surface area contributed by atoms with Crippen molar-refractivity contribution >= 4 is 11.6 Å². The largest absolute Gasteiger partial charge is 0.365 e. The molecule has 2 heterocycles. The second-order valence-corrected chi connectivity index (χ2v) is 3.28. The van der Waals surface area contributed by atoms with Crippen molar-refractivity contribution in [2.24, 2.45) is 0 Å². The van der Waals surface area contributed by atoms with Crippen LogP contribution < -0.4 is 0 Å². The first-order valence-corrected chi connectivity index (χ1v) is 3.84. The molecule has 1 aromatic heterocycles. The molecule has 11 heavy (non-hydrogen) atoms.